The average Bonchev–Trinajstić information content (AvgIpc) is 3.84. The molecule has 6 rings (SSSR count). The molecule has 0 aromatic carbocycles. The Kier molecular flexibility index (Phi) is 10.2. The van der Waals surface area contributed by atoms with E-state index in [4.69, 9.17) is 44.0 Å². The van der Waals surface area contributed by atoms with Crippen molar-refractivity contribution in [3.8, 4) is 0 Å². The number of H-pyrrole nitrogens is 2. The average molecular weight is 749 g/mol. The zero-order chi connectivity index (χ0) is 36.0. The third kappa shape index (κ3) is 7.24. The van der Waals surface area contributed by atoms with Gasteiger partial charge >= 0.3 is 15.6 Å². The standard InChI is InChI=1S/C24H34N10O14P2/c1-4-43-16-15(12(7-45-49(37,38)42-3)47-22(16)34-9-28-14-18(34)30-24(26)32-20(14)36)48-50(39,40)44-6-10-5-11(41-2)21(46-10)33-8-27-13-17(33)29-23(25)31-19(13)35/h8-12,15-16,21-22H,4-7H2,1-3H3,(H,37,38)(H,39,40)(H3,25,29,31,35)(H3,26,30,32,36)/t10-,11+,12+,15+,16+,21+,22+/m0/s1. The molecule has 24 nitrogen and oxygen atoms in total. The second-order valence-corrected chi connectivity index (χ2v) is 13.9. The molecule has 4 aromatic heterocycles. The fourth-order valence-electron chi connectivity index (χ4n) is 5.68. The molecular formula is C24H34N10O14P2. The van der Waals surface area contributed by atoms with Crippen LogP contribution >= 0.6 is 15.6 Å². The van der Waals surface area contributed by atoms with Gasteiger partial charge in [-0.1, -0.05) is 0 Å². The van der Waals surface area contributed by atoms with Gasteiger partial charge in [0.2, 0.25) is 11.9 Å². The lowest BCUT2D eigenvalue weighted by molar-refractivity contribution is -0.0686. The summed E-state index contributed by atoms with van der Waals surface area (Å²) in [6.07, 6.45) is -4.87. The summed E-state index contributed by atoms with van der Waals surface area (Å²) < 4.78 is 72.3. The predicted octanol–water partition coefficient (Wildman–Crippen LogP) is -0.712. The SMILES string of the molecule is CCO[C@@H]1[C@H](OP(=O)(O)OC[C@@H]2C[C@@H](OC)[C@H](n3cnc4c(=O)[nH]c(N)nc43)O2)[C@@H](COP(=O)(O)OC)O[C@H]1n1cnc2c(=O)[nH]c(N)nc21. The van der Waals surface area contributed by atoms with Gasteiger partial charge in [-0.15, -0.1) is 0 Å². The first kappa shape index (κ1) is 36.2. The Bertz CT molecular complexity index is 2070. The Balaban J connectivity index is 1.22. The van der Waals surface area contributed by atoms with Crippen molar-refractivity contribution in [2.24, 2.45) is 0 Å². The smallest absolute Gasteiger partial charge is 0.377 e. The lowest BCUT2D eigenvalue weighted by atomic mass is 10.1. The topological polar surface area (TPSA) is 328 Å². The predicted molar refractivity (Wildman–Crippen MR) is 167 cm³/mol. The van der Waals surface area contributed by atoms with Gasteiger partial charge in [-0.3, -0.25) is 46.8 Å². The number of phosphoric ester groups is 2. The van der Waals surface area contributed by atoms with Gasteiger partial charge in [-0.05, 0) is 6.92 Å². The molecule has 0 bridgehead atoms. The van der Waals surface area contributed by atoms with E-state index >= 15 is 0 Å². The van der Waals surface area contributed by atoms with Crippen LogP contribution in [0.5, 0.6) is 0 Å². The highest BCUT2D eigenvalue weighted by molar-refractivity contribution is 7.47. The molecule has 4 aromatic rings. The molecule has 26 heteroatoms. The van der Waals surface area contributed by atoms with Crippen LogP contribution in [0.1, 0.15) is 25.8 Å². The number of ether oxygens (including phenoxy) is 4. The van der Waals surface area contributed by atoms with E-state index in [2.05, 4.69) is 34.4 Å². The summed E-state index contributed by atoms with van der Waals surface area (Å²) in [5, 5.41) is 0. The van der Waals surface area contributed by atoms with Crippen molar-refractivity contribution in [1.29, 1.82) is 0 Å². The van der Waals surface area contributed by atoms with Gasteiger partial charge in [0.15, 0.2) is 34.8 Å². The fraction of sp³-hybridized carbons (Fsp3) is 0.583. The van der Waals surface area contributed by atoms with Crippen LogP contribution in [0.3, 0.4) is 0 Å². The number of rotatable bonds is 14. The Morgan fingerprint density at radius 1 is 0.900 bits per heavy atom. The van der Waals surface area contributed by atoms with Crippen molar-refractivity contribution >= 4 is 49.9 Å². The van der Waals surface area contributed by atoms with Crippen LogP contribution in [0.15, 0.2) is 22.2 Å². The zero-order valence-electron chi connectivity index (χ0n) is 26.6. The number of hydrogen-bond acceptors (Lipinski definition) is 18. The van der Waals surface area contributed by atoms with Crippen molar-refractivity contribution < 1.29 is 56.0 Å². The van der Waals surface area contributed by atoms with Crippen molar-refractivity contribution in [2.45, 2.75) is 56.3 Å². The highest BCUT2D eigenvalue weighted by Crippen LogP contribution is 2.51. The molecular weight excluding hydrogens is 714 g/mol. The third-order valence-electron chi connectivity index (χ3n) is 7.85. The lowest BCUT2D eigenvalue weighted by Crippen LogP contribution is -2.38. The number of methoxy groups -OCH3 is 1. The van der Waals surface area contributed by atoms with Crippen LogP contribution < -0.4 is 22.6 Å². The molecule has 9 atom stereocenters. The number of nitrogens with one attached hydrogen (secondary N) is 2. The van der Waals surface area contributed by atoms with E-state index in [1.165, 1.54) is 28.9 Å². The maximum Gasteiger partial charge on any atom is 0.472 e. The Morgan fingerprint density at radius 3 is 2.04 bits per heavy atom. The molecule has 8 N–H and O–H groups in total. The Hall–Kier alpha value is -3.64. The first-order valence-corrected chi connectivity index (χ1v) is 17.8. The minimum Gasteiger partial charge on any atom is -0.377 e. The number of aromatic nitrogens is 8. The summed E-state index contributed by atoms with van der Waals surface area (Å²) in [6, 6.07) is 0. The molecule has 2 unspecified atom stereocenters. The molecule has 274 valence electrons. The van der Waals surface area contributed by atoms with Crippen LogP contribution in [-0.4, -0.2) is 113 Å². The second-order valence-electron chi connectivity index (χ2n) is 11.0. The molecule has 2 aliphatic heterocycles. The van der Waals surface area contributed by atoms with Gasteiger partial charge in [0.05, 0.1) is 32.0 Å². The highest BCUT2D eigenvalue weighted by atomic mass is 31.2. The van der Waals surface area contributed by atoms with Gasteiger partial charge in [0.25, 0.3) is 11.1 Å². The van der Waals surface area contributed by atoms with Crippen LogP contribution in [-0.2, 0) is 46.2 Å². The molecule has 0 spiro atoms. The number of hydrogen-bond donors (Lipinski definition) is 6. The van der Waals surface area contributed by atoms with Gasteiger partial charge in [0.1, 0.15) is 24.4 Å². The van der Waals surface area contributed by atoms with Gasteiger partial charge in [0, 0.05) is 27.2 Å². The van der Waals surface area contributed by atoms with Crippen LogP contribution in [0.25, 0.3) is 22.3 Å². The summed E-state index contributed by atoms with van der Waals surface area (Å²) in [5.74, 6) is -0.360. The molecule has 0 aliphatic carbocycles. The largest absolute Gasteiger partial charge is 0.472 e. The molecule has 2 saturated heterocycles. The Morgan fingerprint density at radius 2 is 1.48 bits per heavy atom. The first-order chi connectivity index (χ1) is 23.7. The molecule has 2 aliphatic rings. The van der Waals surface area contributed by atoms with E-state index in [1.54, 1.807) is 6.92 Å². The minimum absolute atomic E-state index is 0.0109. The number of nitrogens with zero attached hydrogens (tertiary/aromatic N) is 6. The molecule has 0 radical (unpaired) electrons. The summed E-state index contributed by atoms with van der Waals surface area (Å²) in [7, 11) is -7.17. The number of phosphoric acid groups is 2. The summed E-state index contributed by atoms with van der Waals surface area (Å²) in [6.45, 7) is 0.519. The molecule has 0 amide bonds. The van der Waals surface area contributed by atoms with E-state index in [1.807, 2.05) is 0 Å². The number of aromatic amines is 2. The normalized spacial score (nSPS) is 28.0. The number of fused-ring (bicyclic) bond motifs is 2. The number of imidazole rings is 2. The minimum atomic E-state index is -5.00. The van der Waals surface area contributed by atoms with Crippen LogP contribution in [0.4, 0.5) is 11.9 Å². The molecule has 6 heterocycles. The summed E-state index contributed by atoms with van der Waals surface area (Å²) in [5.41, 5.74) is 10.3. The number of anilines is 2. The van der Waals surface area contributed by atoms with E-state index < -0.39 is 83.0 Å². The fourth-order valence-corrected chi connectivity index (χ4v) is 7.10. The maximum atomic E-state index is 13.5. The number of nitrogen functional groups attached to an aromatic ring is 2. The van der Waals surface area contributed by atoms with Crippen molar-refractivity contribution in [3.05, 3.63) is 33.4 Å². The Labute approximate surface area is 280 Å². The van der Waals surface area contributed by atoms with Crippen molar-refractivity contribution in [1.82, 2.24) is 39.0 Å². The molecule has 50 heavy (non-hydrogen) atoms. The maximum absolute atomic E-state index is 13.5. The lowest BCUT2D eigenvalue weighted by Gasteiger charge is -2.26. The first-order valence-electron chi connectivity index (χ1n) is 14.8. The molecule has 2 fully saturated rings. The monoisotopic (exact) mass is 748 g/mol. The van der Waals surface area contributed by atoms with E-state index in [9.17, 15) is 28.5 Å². The summed E-state index contributed by atoms with van der Waals surface area (Å²) >= 11 is 0. The summed E-state index contributed by atoms with van der Waals surface area (Å²) in [4.78, 5) is 66.5. The number of nitrogens with two attached hydrogens (primary N) is 2. The van der Waals surface area contributed by atoms with Gasteiger partial charge in [-0.2, -0.15) is 9.97 Å². The molecule has 0 saturated carbocycles. The van der Waals surface area contributed by atoms with Gasteiger partial charge in [-0.25, -0.2) is 19.1 Å². The quantitative estimate of drug-likeness (QED) is 0.0867. The van der Waals surface area contributed by atoms with Crippen LogP contribution in [0.2, 0.25) is 0 Å². The van der Waals surface area contributed by atoms with Gasteiger partial charge < -0.3 is 40.2 Å². The zero-order valence-corrected chi connectivity index (χ0v) is 28.3. The van der Waals surface area contributed by atoms with E-state index in [0.29, 0.717) is 0 Å². The van der Waals surface area contributed by atoms with Crippen LogP contribution in [0, 0.1) is 0 Å². The van der Waals surface area contributed by atoms with E-state index in [-0.39, 0.29) is 47.3 Å². The van der Waals surface area contributed by atoms with E-state index in [0.717, 1.165) is 7.11 Å². The third-order valence-corrected chi connectivity index (χ3v) is 9.78. The van der Waals surface area contributed by atoms with Crippen molar-refractivity contribution in [2.75, 3.05) is 45.5 Å². The highest BCUT2D eigenvalue weighted by Gasteiger charge is 2.52. The second kappa shape index (κ2) is 14.2. The van der Waals surface area contributed by atoms with Crippen molar-refractivity contribution in [3.63, 3.8) is 0 Å².